The SMILES string of the molecule is CCOc1ccc(N2C(=O)C3C(C2=O)C2(Cl)C(Cl)=C(Cl)C3(Cl)C2(Cl)Cl)cc1. The molecule has 4 unspecified atom stereocenters. The van der Waals surface area contributed by atoms with E-state index in [1.54, 1.807) is 24.3 Å². The Morgan fingerprint density at radius 3 is 1.78 bits per heavy atom. The van der Waals surface area contributed by atoms with Gasteiger partial charge in [-0.3, -0.25) is 9.59 Å². The van der Waals surface area contributed by atoms with Crippen LogP contribution in [0.3, 0.4) is 0 Å². The Morgan fingerprint density at radius 1 is 0.926 bits per heavy atom. The van der Waals surface area contributed by atoms with E-state index >= 15 is 0 Å². The number of hydrogen-bond donors (Lipinski definition) is 0. The molecule has 2 aliphatic carbocycles. The summed E-state index contributed by atoms with van der Waals surface area (Å²) in [4.78, 5) is 23.8. The molecule has 10 heteroatoms. The van der Waals surface area contributed by atoms with E-state index in [1.807, 2.05) is 6.92 Å². The molecular formula is C17H11Cl6NO3. The third-order valence-corrected chi connectivity index (χ3v) is 9.57. The zero-order valence-corrected chi connectivity index (χ0v) is 18.1. The van der Waals surface area contributed by atoms with Crippen LogP contribution in [-0.4, -0.2) is 32.5 Å². The number of carbonyl (C=O) groups is 2. The summed E-state index contributed by atoms with van der Waals surface area (Å²) in [6.45, 7) is 2.34. The van der Waals surface area contributed by atoms with Crippen LogP contribution in [0.4, 0.5) is 5.69 Å². The van der Waals surface area contributed by atoms with Crippen LogP contribution >= 0.6 is 69.6 Å². The molecule has 0 aromatic heterocycles. The molecule has 1 aromatic rings. The first-order chi connectivity index (χ1) is 12.5. The Labute approximate surface area is 185 Å². The summed E-state index contributed by atoms with van der Waals surface area (Å²) < 4.78 is 3.45. The Balaban J connectivity index is 1.81. The van der Waals surface area contributed by atoms with Crippen molar-refractivity contribution in [2.24, 2.45) is 11.8 Å². The molecule has 0 N–H and O–H groups in total. The van der Waals surface area contributed by atoms with E-state index < -0.39 is 37.7 Å². The van der Waals surface area contributed by atoms with Gasteiger partial charge in [-0.2, -0.15) is 0 Å². The van der Waals surface area contributed by atoms with Gasteiger partial charge in [0.1, 0.15) is 15.5 Å². The van der Waals surface area contributed by atoms with Crippen LogP contribution < -0.4 is 9.64 Å². The lowest BCUT2D eigenvalue weighted by Crippen LogP contribution is -2.50. The zero-order chi connectivity index (χ0) is 19.9. The van der Waals surface area contributed by atoms with Crippen molar-refractivity contribution in [3.8, 4) is 5.75 Å². The van der Waals surface area contributed by atoms with Crippen molar-refractivity contribution in [1.29, 1.82) is 0 Å². The Bertz CT molecular complexity index is 854. The molecule has 1 saturated heterocycles. The third-order valence-electron chi connectivity index (χ3n) is 5.31. The summed E-state index contributed by atoms with van der Waals surface area (Å²) in [7, 11) is 0. The topological polar surface area (TPSA) is 46.6 Å². The molecule has 144 valence electrons. The minimum absolute atomic E-state index is 0.109. The van der Waals surface area contributed by atoms with E-state index in [2.05, 4.69) is 0 Å². The van der Waals surface area contributed by atoms with Crippen molar-refractivity contribution in [1.82, 2.24) is 0 Å². The minimum Gasteiger partial charge on any atom is -0.494 e. The predicted molar refractivity (Wildman–Crippen MR) is 107 cm³/mol. The lowest BCUT2D eigenvalue weighted by atomic mass is 9.84. The van der Waals surface area contributed by atoms with Crippen LogP contribution in [0.2, 0.25) is 0 Å². The molecule has 2 bridgehead atoms. The lowest BCUT2D eigenvalue weighted by molar-refractivity contribution is -0.123. The molecule has 2 amide bonds. The van der Waals surface area contributed by atoms with E-state index in [4.69, 9.17) is 74.3 Å². The van der Waals surface area contributed by atoms with Crippen LogP contribution in [0.25, 0.3) is 0 Å². The van der Waals surface area contributed by atoms with Gasteiger partial charge in [0, 0.05) is 0 Å². The van der Waals surface area contributed by atoms with Gasteiger partial charge in [-0.1, -0.05) is 46.4 Å². The number of rotatable bonds is 3. The standard InChI is InChI=1S/C17H11Cl6NO3/c1-2-27-8-5-3-7(4-6-8)24-13(25)9-10(14(24)26)16(21)12(19)11(18)15(9,20)17(16,22)23/h3-6,9-10H,2H2,1H3. The molecular weight excluding hydrogens is 479 g/mol. The number of alkyl halides is 4. The Kier molecular flexibility index (Phi) is 4.48. The molecule has 2 fully saturated rings. The van der Waals surface area contributed by atoms with E-state index in [9.17, 15) is 9.59 Å². The minimum atomic E-state index is -1.93. The first kappa shape index (κ1) is 19.9. The fourth-order valence-electron chi connectivity index (χ4n) is 4.11. The van der Waals surface area contributed by atoms with E-state index in [0.29, 0.717) is 18.0 Å². The highest BCUT2D eigenvalue weighted by atomic mass is 35.5. The van der Waals surface area contributed by atoms with Gasteiger partial charge in [-0.25, -0.2) is 4.90 Å². The van der Waals surface area contributed by atoms with Crippen LogP contribution in [0.5, 0.6) is 5.75 Å². The fourth-order valence-corrected chi connectivity index (χ4v) is 7.04. The quantitative estimate of drug-likeness (QED) is 0.441. The van der Waals surface area contributed by atoms with E-state index in [1.165, 1.54) is 0 Å². The molecule has 3 aliphatic rings. The summed E-state index contributed by atoms with van der Waals surface area (Å²) in [6.07, 6.45) is 0. The van der Waals surface area contributed by atoms with Crippen molar-refractivity contribution in [3.63, 3.8) is 0 Å². The van der Waals surface area contributed by atoms with Crippen molar-refractivity contribution < 1.29 is 14.3 Å². The second-order valence-electron chi connectivity index (χ2n) is 6.52. The van der Waals surface area contributed by atoms with Gasteiger partial charge in [0.15, 0.2) is 4.33 Å². The molecule has 1 heterocycles. The number of ether oxygens (including phenoxy) is 1. The number of amides is 2. The van der Waals surface area contributed by atoms with Crippen molar-refractivity contribution in [2.75, 3.05) is 11.5 Å². The van der Waals surface area contributed by atoms with Gasteiger partial charge in [0.2, 0.25) is 11.8 Å². The van der Waals surface area contributed by atoms with Crippen LogP contribution in [0.15, 0.2) is 34.3 Å². The second-order valence-corrected chi connectivity index (χ2v) is 9.80. The van der Waals surface area contributed by atoms with E-state index in [0.717, 1.165) is 4.90 Å². The number of allylic oxidation sites excluding steroid dienone is 2. The average molecular weight is 490 g/mol. The molecule has 1 saturated carbocycles. The molecule has 4 nitrogen and oxygen atoms in total. The van der Waals surface area contributed by atoms with Crippen molar-refractivity contribution in [2.45, 2.75) is 21.0 Å². The first-order valence-electron chi connectivity index (χ1n) is 7.97. The monoisotopic (exact) mass is 487 g/mol. The zero-order valence-electron chi connectivity index (χ0n) is 13.6. The predicted octanol–water partition coefficient (Wildman–Crippen LogP) is 5.04. The maximum atomic E-state index is 13.2. The van der Waals surface area contributed by atoms with Crippen LogP contribution in [-0.2, 0) is 9.59 Å². The number of halogens is 6. The number of hydrogen-bond acceptors (Lipinski definition) is 3. The molecule has 27 heavy (non-hydrogen) atoms. The number of imide groups is 1. The van der Waals surface area contributed by atoms with Crippen molar-refractivity contribution in [3.05, 3.63) is 34.3 Å². The number of nitrogens with zero attached hydrogens (tertiary/aromatic N) is 1. The molecule has 4 rings (SSSR count). The van der Waals surface area contributed by atoms with Gasteiger partial charge in [-0.05, 0) is 31.2 Å². The van der Waals surface area contributed by atoms with Crippen LogP contribution in [0.1, 0.15) is 6.92 Å². The maximum Gasteiger partial charge on any atom is 0.240 e. The molecule has 0 spiro atoms. The maximum absolute atomic E-state index is 13.2. The summed E-state index contributed by atoms with van der Waals surface area (Å²) in [5, 5.41) is -0.219. The highest BCUT2D eigenvalue weighted by molar-refractivity contribution is 6.67. The summed E-state index contributed by atoms with van der Waals surface area (Å²) in [6, 6.07) is 6.49. The number of anilines is 1. The average Bonchev–Trinajstić information content (AvgIpc) is 3.01. The highest BCUT2D eigenvalue weighted by Crippen LogP contribution is 2.77. The van der Waals surface area contributed by atoms with Gasteiger partial charge in [0.05, 0.1) is 34.2 Å². The number of carbonyl (C=O) groups excluding carboxylic acids is 2. The number of benzene rings is 1. The summed E-state index contributed by atoms with van der Waals surface area (Å²) in [5.74, 6) is -2.84. The Morgan fingerprint density at radius 2 is 1.37 bits per heavy atom. The first-order valence-corrected chi connectivity index (χ1v) is 10.2. The second kappa shape index (κ2) is 6.07. The fraction of sp³-hybridized carbons (Fsp3) is 0.412. The van der Waals surface area contributed by atoms with Gasteiger partial charge in [-0.15, -0.1) is 23.2 Å². The number of fused-ring (bicyclic) bond motifs is 5. The molecule has 1 aromatic carbocycles. The van der Waals surface area contributed by atoms with Gasteiger partial charge in [0.25, 0.3) is 0 Å². The third kappa shape index (κ3) is 2.10. The normalized spacial score (nSPS) is 36.6. The summed E-state index contributed by atoms with van der Waals surface area (Å²) >= 11 is 38.7. The van der Waals surface area contributed by atoms with Crippen molar-refractivity contribution >= 4 is 87.1 Å². The molecule has 4 atom stereocenters. The lowest BCUT2D eigenvalue weighted by Gasteiger charge is -2.34. The molecule has 1 aliphatic heterocycles. The van der Waals surface area contributed by atoms with Crippen LogP contribution in [0, 0.1) is 11.8 Å². The van der Waals surface area contributed by atoms with Gasteiger partial charge < -0.3 is 4.74 Å². The van der Waals surface area contributed by atoms with E-state index in [-0.39, 0.29) is 10.1 Å². The highest BCUT2D eigenvalue weighted by Gasteiger charge is 2.87. The molecule has 0 radical (unpaired) electrons. The largest absolute Gasteiger partial charge is 0.494 e. The van der Waals surface area contributed by atoms with Gasteiger partial charge >= 0.3 is 0 Å². The summed E-state index contributed by atoms with van der Waals surface area (Å²) in [5.41, 5.74) is 0.352. The smallest absolute Gasteiger partial charge is 0.240 e. The Hall–Kier alpha value is -0.360.